The van der Waals surface area contributed by atoms with E-state index < -0.39 is 0 Å². The van der Waals surface area contributed by atoms with Gasteiger partial charge in [0.2, 0.25) is 0 Å². The Kier molecular flexibility index (Phi) is 3.30. The summed E-state index contributed by atoms with van der Waals surface area (Å²) in [6.45, 7) is 4.11. The fourth-order valence-electron chi connectivity index (χ4n) is 1.63. The zero-order valence-electron chi connectivity index (χ0n) is 9.25. The van der Waals surface area contributed by atoms with E-state index in [0.29, 0.717) is 5.13 Å². The SMILES string of the molecule is Cc1ccc(Br)c(Cc2sc(N)nc2C)c1. The molecular formula is C12H13BrN2S. The van der Waals surface area contributed by atoms with Crippen LogP contribution in [-0.4, -0.2) is 4.98 Å². The summed E-state index contributed by atoms with van der Waals surface area (Å²) in [6.07, 6.45) is 0.892. The predicted octanol–water partition coefficient (Wildman–Crippen LogP) is 3.70. The van der Waals surface area contributed by atoms with E-state index in [4.69, 9.17) is 5.73 Å². The summed E-state index contributed by atoms with van der Waals surface area (Å²) in [7, 11) is 0. The third-order valence-electron chi connectivity index (χ3n) is 2.46. The molecule has 2 nitrogen and oxygen atoms in total. The van der Waals surface area contributed by atoms with Gasteiger partial charge >= 0.3 is 0 Å². The first kappa shape index (κ1) is 11.6. The van der Waals surface area contributed by atoms with Gasteiger partial charge in [-0.15, -0.1) is 11.3 Å². The molecule has 0 atom stereocenters. The second-order valence-corrected chi connectivity index (χ2v) is 5.80. The molecule has 0 fully saturated rings. The van der Waals surface area contributed by atoms with Gasteiger partial charge in [-0.2, -0.15) is 0 Å². The Morgan fingerprint density at radius 3 is 2.75 bits per heavy atom. The minimum Gasteiger partial charge on any atom is -0.375 e. The van der Waals surface area contributed by atoms with Crippen LogP contribution < -0.4 is 5.73 Å². The first-order chi connectivity index (χ1) is 7.56. The van der Waals surface area contributed by atoms with Crippen LogP contribution in [0, 0.1) is 13.8 Å². The van der Waals surface area contributed by atoms with Gasteiger partial charge in [-0.05, 0) is 25.5 Å². The number of rotatable bonds is 2. The Morgan fingerprint density at radius 2 is 2.12 bits per heavy atom. The van der Waals surface area contributed by atoms with Crippen molar-refractivity contribution >= 4 is 32.4 Å². The van der Waals surface area contributed by atoms with Crippen molar-refractivity contribution < 1.29 is 0 Å². The number of hydrogen-bond acceptors (Lipinski definition) is 3. The number of nitrogens with zero attached hydrogens (tertiary/aromatic N) is 1. The number of nitrogens with two attached hydrogens (primary N) is 1. The van der Waals surface area contributed by atoms with E-state index >= 15 is 0 Å². The fourth-order valence-corrected chi connectivity index (χ4v) is 2.87. The first-order valence-electron chi connectivity index (χ1n) is 5.03. The van der Waals surface area contributed by atoms with Crippen LogP contribution in [0.3, 0.4) is 0 Å². The van der Waals surface area contributed by atoms with Crippen molar-refractivity contribution in [1.82, 2.24) is 4.98 Å². The maximum absolute atomic E-state index is 5.70. The minimum atomic E-state index is 0.649. The smallest absolute Gasteiger partial charge is 0.180 e. The van der Waals surface area contributed by atoms with Crippen molar-refractivity contribution in [2.75, 3.05) is 5.73 Å². The average Bonchev–Trinajstić information content (AvgIpc) is 2.51. The Morgan fingerprint density at radius 1 is 1.38 bits per heavy atom. The van der Waals surface area contributed by atoms with E-state index in [1.807, 2.05) is 6.92 Å². The van der Waals surface area contributed by atoms with Crippen molar-refractivity contribution in [3.8, 4) is 0 Å². The predicted molar refractivity (Wildman–Crippen MR) is 72.9 cm³/mol. The fraction of sp³-hybridized carbons (Fsp3) is 0.250. The number of halogens is 1. The molecule has 0 radical (unpaired) electrons. The third kappa shape index (κ3) is 2.44. The van der Waals surface area contributed by atoms with Crippen molar-refractivity contribution in [1.29, 1.82) is 0 Å². The summed E-state index contributed by atoms with van der Waals surface area (Å²) < 4.78 is 1.14. The van der Waals surface area contributed by atoms with E-state index in [2.05, 4.69) is 46.0 Å². The highest BCUT2D eigenvalue weighted by molar-refractivity contribution is 9.10. The normalized spacial score (nSPS) is 10.7. The number of aromatic nitrogens is 1. The summed E-state index contributed by atoms with van der Waals surface area (Å²) in [5.41, 5.74) is 9.29. The van der Waals surface area contributed by atoms with Crippen molar-refractivity contribution in [2.24, 2.45) is 0 Å². The van der Waals surface area contributed by atoms with Gasteiger partial charge in [0, 0.05) is 15.8 Å². The Balaban J connectivity index is 2.33. The summed E-state index contributed by atoms with van der Waals surface area (Å²) in [5.74, 6) is 0. The van der Waals surface area contributed by atoms with E-state index in [9.17, 15) is 0 Å². The number of thiazole rings is 1. The molecule has 0 aliphatic rings. The molecule has 2 rings (SSSR count). The van der Waals surface area contributed by atoms with E-state index in [-0.39, 0.29) is 0 Å². The lowest BCUT2D eigenvalue weighted by Gasteiger charge is -2.04. The second-order valence-electron chi connectivity index (χ2n) is 3.83. The molecule has 1 heterocycles. The van der Waals surface area contributed by atoms with Gasteiger partial charge in [0.05, 0.1) is 5.69 Å². The molecule has 0 amide bonds. The summed E-state index contributed by atoms with van der Waals surface area (Å²) in [5, 5.41) is 0.649. The molecule has 0 spiro atoms. The van der Waals surface area contributed by atoms with Gasteiger partial charge in [0.15, 0.2) is 5.13 Å². The first-order valence-corrected chi connectivity index (χ1v) is 6.64. The molecule has 0 aliphatic heterocycles. The lowest BCUT2D eigenvalue weighted by Crippen LogP contribution is -1.90. The second kappa shape index (κ2) is 4.55. The van der Waals surface area contributed by atoms with Crippen molar-refractivity contribution in [3.63, 3.8) is 0 Å². The van der Waals surface area contributed by atoms with Gasteiger partial charge in [-0.25, -0.2) is 4.98 Å². The molecule has 0 saturated heterocycles. The third-order valence-corrected chi connectivity index (χ3v) is 4.22. The van der Waals surface area contributed by atoms with Crippen LogP contribution in [0.25, 0.3) is 0 Å². The zero-order valence-corrected chi connectivity index (χ0v) is 11.7. The number of aryl methyl sites for hydroxylation is 2. The van der Waals surface area contributed by atoms with E-state index in [1.165, 1.54) is 16.0 Å². The minimum absolute atomic E-state index is 0.649. The molecular weight excluding hydrogens is 284 g/mol. The van der Waals surface area contributed by atoms with Crippen LogP contribution in [0.2, 0.25) is 0 Å². The molecule has 2 aromatic rings. The zero-order chi connectivity index (χ0) is 11.7. The van der Waals surface area contributed by atoms with Crippen LogP contribution in [0.1, 0.15) is 21.7 Å². The van der Waals surface area contributed by atoms with E-state index in [0.717, 1.165) is 16.6 Å². The topological polar surface area (TPSA) is 38.9 Å². The van der Waals surface area contributed by atoms with Crippen molar-refractivity contribution in [3.05, 3.63) is 44.4 Å². The molecule has 4 heteroatoms. The Bertz CT molecular complexity index is 520. The Labute approximate surface area is 108 Å². The summed E-state index contributed by atoms with van der Waals surface area (Å²) in [4.78, 5) is 5.48. The van der Waals surface area contributed by atoms with Crippen LogP contribution >= 0.6 is 27.3 Å². The maximum Gasteiger partial charge on any atom is 0.180 e. The van der Waals surface area contributed by atoms with Crippen LogP contribution in [0.5, 0.6) is 0 Å². The number of anilines is 1. The highest BCUT2D eigenvalue weighted by atomic mass is 79.9. The molecule has 0 bridgehead atoms. The van der Waals surface area contributed by atoms with Crippen LogP contribution in [0.4, 0.5) is 5.13 Å². The summed E-state index contributed by atoms with van der Waals surface area (Å²) >= 11 is 5.14. The molecule has 0 unspecified atom stereocenters. The Hall–Kier alpha value is -0.870. The van der Waals surface area contributed by atoms with Gasteiger partial charge in [-0.3, -0.25) is 0 Å². The molecule has 1 aromatic carbocycles. The number of hydrogen-bond donors (Lipinski definition) is 1. The average molecular weight is 297 g/mol. The van der Waals surface area contributed by atoms with E-state index in [1.54, 1.807) is 11.3 Å². The molecule has 2 N–H and O–H groups in total. The standard InChI is InChI=1S/C12H13BrN2S/c1-7-3-4-10(13)9(5-7)6-11-8(2)15-12(14)16-11/h3-5H,6H2,1-2H3,(H2,14,15). The van der Waals surface area contributed by atoms with Gasteiger partial charge in [0.1, 0.15) is 0 Å². The molecule has 0 saturated carbocycles. The highest BCUT2D eigenvalue weighted by Crippen LogP contribution is 2.27. The maximum atomic E-state index is 5.70. The molecule has 0 aliphatic carbocycles. The molecule has 16 heavy (non-hydrogen) atoms. The monoisotopic (exact) mass is 296 g/mol. The molecule has 84 valence electrons. The lowest BCUT2D eigenvalue weighted by atomic mass is 10.1. The number of benzene rings is 1. The van der Waals surface area contributed by atoms with Gasteiger partial charge in [-0.1, -0.05) is 33.6 Å². The number of nitrogen functional groups attached to an aromatic ring is 1. The molecule has 1 aromatic heterocycles. The van der Waals surface area contributed by atoms with Crippen LogP contribution in [0.15, 0.2) is 22.7 Å². The largest absolute Gasteiger partial charge is 0.375 e. The van der Waals surface area contributed by atoms with Gasteiger partial charge < -0.3 is 5.73 Å². The quantitative estimate of drug-likeness (QED) is 0.918. The summed E-state index contributed by atoms with van der Waals surface area (Å²) in [6, 6.07) is 6.38. The van der Waals surface area contributed by atoms with Crippen molar-refractivity contribution in [2.45, 2.75) is 20.3 Å². The lowest BCUT2D eigenvalue weighted by molar-refractivity contribution is 1.14. The van der Waals surface area contributed by atoms with Crippen LogP contribution in [-0.2, 0) is 6.42 Å². The highest BCUT2D eigenvalue weighted by Gasteiger charge is 2.08. The van der Waals surface area contributed by atoms with Gasteiger partial charge in [0.25, 0.3) is 0 Å².